The molecule has 0 aliphatic heterocycles. The summed E-state index contributed by atoms with van der Waals surface area (Å²) in [5.74, 6) is -0.717. The van der Waals surface area contributed by atoms with Crippen molar-refractivity contribution in [2.75, 3.05) is 40.0 Å². The van der Waals surface area contributed by atoms with Crippen LogP contribution in [0.15, 0.2) is 48.5 Å². The summed E-state index contributed by atoms with van der Waals surface area (Å²) in [7, 11) is -6.08. The number of amides is 1. The fourth-order valence-electron chi connectivity index (χ4n) is 2.46. The monoisotopic (exact) mass is 456 g/mol. The van der Waals surface area contributed by atoms with Crippen LogP contribution >= 0.6 is 0 Å². The molecule has 0 spiro atoms. The number of anilines is 3. The van der Waals surface area contributed by atoms with Gasteiger partial charge in [-0.25, -0.2) is 16.8 Å². The number of nitro groups is 1. The zero-order valence-corrected chi connectivity index (χ0v) is 18.0. The maximum Gasteiger partial charge on any atom is 0.271 e. The number of carbonyl (C=O) groups excluding carboxylic acids is 1. The summed E-state index contributed by atoms with van der Waals surface area (Å²) < 4.78 is 49.4. The highest BCUT2D eigenvalue weighted by atomic mass is 32.2. The van der Waals surface area contributed by atoms with E-state index in [0.29, 0.717) is 5.69 Å². The zero-order chi connectivity index (χ0) is 22.7. The molecule has 0 atom stereocenters. The molecule has 162 valence electrons. The largest absolute Gasteiger partial charge is 0.324 e. The number of rotatable bonds is 8. The van der Waals surface area contributed by atoms with E-state index in [9.17, 15) is 31.7 Å². The minimum absolute atomic E-state index is 0.0348. The van der Waals surface area contributed by atoms with Crippen LogP contribution in [-0.4, -0.2) is 53.8 Å². The standard InChI is InChI=1S/C17H20N4O7S2/c1-19(29(2,25)26)14-7-4-6-13(10-14)18-17(22)12-20(30(3,27)28)15-8-5-9-16(11-15)21(23)24/h4-11H,12H2,1-3H3,(H,18,22). The summed E-state index contributed by atoms with van der Waals surface area (Å²) in [4.78, 5) is 22.7. The number of sulfonamides is 2. The fraction of sp³-hybridized carbons (Fsp3) is 0.235. The van der Waals surface area contributed by atoms with Crippen molar-refractivity contribution >= 4 is 48.7 Å². The van der Waals surface area contributed by atoms with Crippen molar-refractivity contribution in [3.8, 4) is 0 Å². The molecular weight excluding hydrogens is 436 g/mol. The van der Waals surface area contributed by atoms with E-state index in [1.54, 1.807) is 0 Å². The summed E-state index contributed by atoms with van der Waals surface area (Å²) >= 11 is 0. The highest BCUT2D eigenvalue weighted by Crippen LogP contribution is 2.24. The number of benzene rings is 2. The van der Waals surface area contributed by atoms with Crippen molar-refractivity contribution < 1.29 is 26.6 Å². The number of nitro benzene ring substituents is 1. The first-order valence-corrected chi connectivity index (χ1v) is 12.0. The van der Waals surface area contributed by atoms with E-state index in [0.717, 1.165) is 27.2 Å². The van der Waals surface area contributed by atoms with Gasteiger partial charge in [0, 0.05) is 24.9 Å². The van der Waals surface area contributed by atoms with Crippen LogP contribution in [0.4, 0.5) is 22.7 Å². The highest BCUT2D eigenvalue weighted by Gasteiger charge is 2.23. The third-order valence-corrected chi connectivity index (χ3v) is 6.35. The molecule has 0 aromatic heterocycles. The normalized spacial score (nSPS) is 11.6. The Bertz CT molecular complexity index is 1180. The van der Waals surface area contributed by atoms with Crippen molar-refractivity contribution in [2.24, 2.45) is 0 Å². The molecular formula is C17H20N4O7S2. The Hall–Kier alpha value is -3.19. The van der Waals surface area contributed by atoms with Gasteiger partial charge < -0.3 is 5.32 Å². The van der Waals surface area contributed by atoms with E-state index < -0.39 is 37.4 Å². The zero-order valence-electron chi connectivity index (χ0n) is 16.3. The van der Waals surface area contributed by atoms with Crippen molar-refractivity contribution in [2.45, 2.75) is 0 Å². The van der Waals surface area contributed by atoms with Crippen LogP contribution in [0, 0.1) is 10.1 Å². The van der Waals surface area contributed by atoms with Gasteiger partial charge in [-0.05, 0) is 24.3 Å². The van der Waals surface area contributed by atoms with Crippen LogP contribution in [0.5, 0.6) is 0 Å². The van der Waals surface area contributed by atoms with Gasteiger partial charge in [0.25, 0.3) is 5.69 Å². The smallest absolute Gasteiger partial charge is 0.271 e. The lowest BCUT2D eigenvalue weighted by Crippen LogP contribution is -2.37. The average Bonchev–Trinajstić information content (AvgIpc) is 2.64. The number of nitrogens with one attached hydrogen (secondary N) is 1. The van der Waals surface area contributed by atoms with Gasteiger partial charge in [0.15, 0.2) is 0 Å². The maximum atomic E-state index is 12.5. The van der Waals surface area contributed by atoms with Gasteiger partial charge in [-0.15, -0.1) is 0 Å². The van der Waals surface area contributed by atoms with Crippen molar-refractivity contribution in [3.05, 3.63) is 58.6 Å². The molecule has 0 unspecified atom stereocenters. The lowest BCUT2D eigenvalue weighted by atomic mass is 10.2. The molecule has 0 saturated carbocycles. The van der Waals surface area contributed by atoms with E-state index >= 15 is 0 Å². The van der Waals surface area contributed by atoms with E-state index in [4.69, 9.17) is 0 Å². The predicted octanol–water partition coefficient (Wildman–Crippen LogP) is 1.40. The molecule has 2 aromatic carbocycles. The van der Waals surface area contributed by atoms with Crippen LogP contribution in [0.1, 0.15) is 0 Å². The number of non-ortho nitro benzene ring substituents is 1. The fourth-order valence-corrected chi connectivity index (χ4v) is 3.81. The molecule has 13 heteroatoms. The molecule has 2 aromatic rings. The molecule has 0 aliphatic rings. The molecule has 0 saturated heterocycles. The SMILES string of the molecule is CN(c1cccc(NC(=O)CN(c2cccc([N+](=O)[O-])c2)S(C)(=O)=O)c1)S(C)(=O)=O. The molecule has 1 N–H and O–H groups in total. The molecule has 11 nitrogen and oxygen atoms in total. The molecule has 0 fully saturated rings. The van der Waals surface area contributed by atoms with E-state index in [1.165, 1.54) is 49.5 Å². The number of nitrogens with zero attached hydrogens (tertiary/aromatic N) is 3. The number of hydrogen-bond acceptors (Lipinski definition) is 7. The summed E-state index contributed by atoms with van der Waals surface area (Å²) in [5, 5.41) is 13.5. The molecule has 0 heterocycles. The Kier molecular flexibility index (Phi) is 6.67. The van der Waals surface area contributed by atoms with Crippen LogP contribution in [0.3, 0.4) is 0 Å². The second kappa shape index (κ2) is 8.67. The summed E-state index contributed by atoms with van der Waals surface area (Å²) in [5.41, 5.74) is 0.194. The summed E-state index contributed by atoms with van der Waals surface area (Å²) in [6.45, 7) is -0.633. The minimum Gasteiger partial charge on any atom is -0.324 e. The van der Waals surface area contributed by atoms with Crippen LogP contribution in [0.25, 0.3) is 0 Å². The minimum atomic E-state index is -3.93. The molecule has 0 radical (unpaired) electrons. The van der Waals surface area contributed by atoms with Gasteiger partial charge in [-0.3, -0.25) is 23.5 Å². The molecule has 0 bridgehead atoms. The maximum absolute atomic E-state index is 12.5. The van der Waals surface area contributed by atoms with Gasteiger partial charge in [0.05, 0.1) is 28.8 Å². The Labute approximate surface area is 174 Å². The highest BCUT2D eigenvalue weighted by molar-refractivity contribution is 7.92. The third kappa shape index (κ3) is 5.90. The first-order chi connectivity index (χ1) is 13.8. The van der Waals surface area contributed by atoms with Crippen molar-refractivity contribution in [1.82, 2.24) is 0 Å². The summed E-state index contributed by atoms with van der Waals surface area (Å²) in [6, 6.07) is 10.9. The quantitative estimate of drug-likeness (QED) is 0.466. The predicted molar refractivity (Wildman–Crippen MR) is 114 cm³/mol. The average molecular weight is 457 g/mol. The van der Waals surface area contributed by atoms with Crippen LogP contribution in [-0.2, 0) is 24.8 Å². The number of carbonyl (C=O) groups is 1. The first kappa shape index (κ1) is 23.1. The van der Waals surface area contributed by atoms with Crippen molar-refractivity contribution in [3.63, 3.8) is 0 Å². The topological polar surface area (TPSA) is 147 Å². The number of hydrogen-bond donors (Lipinski definition) is 1. The second-order valence-corrected chi connectivity index (χ2v) is 10.3. The first-order valence-electron chi connectivity index (χ1n) is 8.35. The van der Waals surface area contributed by atoms with Gasteiger partial charge in [-0.2, -0.15) is 0 Å². The molecule has 30 heavy (non-hydrogen) atoms. The third-order valence-electron chi connectivity index (χ3n) is 4.01. The Morgan fingerprint density at radius 3 is 2.17 bits per heavy atom. The Morgan fingerprint density at radius 1 is 1.00 bits per heavy atom. The van der Waals surface area contributed by atoms with Gasteiger partial charge in [-0.1, -0.05) is 12.1 Å². The Balaban J connectivity index is 2.26. The summed E-state index contributed by atoms with van der Waals surface area (Å²) in [6.07, 6.45) is 1.90. The molecule has 1 amide bonds. The molecule has 0 aliphatic carbocycles. The second-order valence-electron chi connectivity index (χ2n) is 6.38. The van der Waals surface area contributed by atoms with Crippen LogP contribution < -0.4 is 13.9 Å². The lowest BCUT2D eigenvalue weighted by molar-refractivity contribution is -0.384. The van der Waals surface area contributed by atoms with E-state index in [-0.39, 0.29) is 17.1 Å². The molecule has 2 rings (SSSR count). The lowest BCUT2D eigenvalue weighted by Gasteiger charge is -2.22. The van der Waals surface area contributed by atoms with Crippen molar-refractivity contribution in [1.29, 1.82) is 0 Å². The van der Waals surface area contributed by atoms with E-state index in [2.05, 4.69) is 5.32 Å². The van der Waals surface area contributed by atoms with Crippen LogP contribution in [0.2, 0.25) is 0 Å². The van der Waals surface area contributed by atoms with E-state index in [1.807, 2.05) is 0 Å². The van der Waals surface area contributed by atoms with Gasteiger partial charge >= 0.3 is 0 Å². The van der Waals surface area contributed by atoms with Gasteiger partial charge in [0.2, 0.25) is 26.0 Å². The Morgan fingerprint density at radius 2 is 1.60 bits per heavy atom. The van der Waals surface area contributed by atoms with Gasteiger partial charge in [0.1, 0.15) is 6.54 Å².